The standard InChI is InChI=1S/C10H13N5O4.H3O4P/c11-8-5-9(13-2-12-8)15(3-14-5)10-7(18)6(17)4(1-16)19-10;1-5(2,3)4/h2-4,6-7,10,16-18H,1H2,(H2,11,12,13);(H3,1,2,3,4). The van der Waals surface area contributed by atoms with Crippen molar-refractivity contribution in [1.82, 2.24) is 19.5 Å². The predicted molar refractivity (Wildman–Crippen MR) is 77.0 cm³/mol. The average Bonchev–Trinajstić information content (AvgIpc) is 3.01. The van der Waals surface area contributed by atoms with E-state index in [0.29, 0.717) is 11.2 Å². The topological polar surface area (TPSA) is 217 Å². The van der Waals surface area contributed by atoms with E-state index in [-0.39, 0.29) is 5.82 Å². The maximum Gasteiger partial charge on any atom is 0.466 e. The van der Waals surface area contributed by atoms with Gasteiger partial charge in [0.15, 0.2) is 17.7 Å². The van der Waals surface area contributed by atoms with Gasteiger partial charge in [0.25, 0.3) is 0 Å². The Hall–Kier alpha value is -1.70. The van der Waals surface area contributed by atoms with Gasteiger partial charge in [-0.1, -0.05) is 0 Å². The van der Waals surface area contributed by atoms with Crippen molar-refractivity contribution in [2.45, 2.75) is 24.5 Å². The molecule has 0 radical (unpaired) electrons. The molecule has 1 fully saturated rings. The fraction of sp³-hybridized carbons (Fsp3) is 0.500. The first-order valence-corrected chi connectivity index (χ1v) is 8.03. The predicted octanol–water partition coefficient (Wildman–Crippen LogP) is -2.91. The van der Waals surface area contributed by atoms with Crippen molar-refractivity contribution in [3.05, 3.63) is 12.7 Å². The highest BCUT2D eigenvalue weighted by molar-refractivity contribution is 7.45. The molecule has 13 nitrogen and oxygen atoms in total. The summed E-state index contributed by atoms with van der Waals surface area (Å²) in [4.78, 5) is 33.5. The fourth-order valence-electron chi connectivity index (χ4n) is 2.17. The summed E-state index contributed by atoms with van der Waals surface area (Å²) in [6.45, 7) is -0.390. The Labute approximate surface area is 134 Å². The van der Waals surface area contributed by atoms with Crippen LogP contribution in [0, 0.1) is 0 Å². The minimum Gasteiger partial charge on any atom is -0.394 e. The van der Waals surface area contributed by atoms with Crippen molar-refractivity contribution < 1.29 is 39.3 Å². The lowest BCUT2D eigenvalue weighted by Crippen LogP contribution is -2.33. The summed E-state index contributed by atoms with van der Waals surface area (Å²) in [5.41, 5.74) is 6.44. The number of hydrogen-bond acceptors (Lipinski definition) is 9. The molecule has 0 saturated carbocycles. The second-order valence-corrected chi connectivity index (χ2v) is 5.85. The zero-order valence-corrected chi connectivity index (χ0v) is 12.9. The van der Waals surface area contributed by atoms with Crippen molar-refractivity contribution >= 4 is 24.8 Å². The maximum atomic E-state index is 9.95. The van der Waals surface area contributed by atoms with Gasteiger partial charge in [-0.15, -0.1) is 0 Å². The van der Waals surface area contributed by atoms with Crippen LogP contribution in [0.1, 0.15) is 6.23 Å². The Bertz CT molecular complexity index is 742. The number of phosphoric acid groups is 1. The molecule has 14 heteroatoms. The lowest BCUT2D eigenvalue weighted by atomic mass is 10.1. The number of hydrogen-bond donors (Lipinski definition) is 7. The van der Waals surface area contributed by atoms with Gasteiger partial charge < -0.3 is 40.5 Å². The number of fused-ring (bicyclic) bond motifs is 1. The number of aromatic nitrogens is 4. The number of rotatable bonds is 2. The Kier molecular flexibility index (Phi) is 5.47. The lowest BCUT2D eigenvalue weighted by molar-refractivity contribution is -0.0511. The number of aliphatic hydroxyl groups excluding tert-OH is 3. The van der Waals surface area contributed by atoms with Gasteiger partial charge in [-0.05, 0) is 0 Å². The maximum absolute atomic E-state index is 9.95. The quantitative estimate of drug-likeness (QED) is 0.266. The smallest absolute Gasteiger partial charge is 0.394 e. The molecule has 3 heterocycles. The highest BCUT2D eigenvalue weighted by atomic mass is 31.2. The molecule has 4 unspecified atom stereocenters. The summed E-state index contributed by atoms with van der Waals surface area (Å²) in [5, 5.41) is 28.7. The van der Waals surface area contributed by atoms with E-state index < -0.39 is 39.0 Å². The van der Waals surface area contributed by atoms with E-state index >= 15 is 0 Å². The Balaban J connectivity index is 0.000000368. The molecule has 0 spiro atoms. The third kappa shape index (κ3) is 4.03. The second kappa shape index (κ2) is 7.04. The van der Waals surface area contributed by atoms with Crippen molar-refractivity contribution in [3.8, 4) is 0 Å². The second-order valence-electron chi connectivity index (χ2n) is 4.83. The monoisotopic (exact) mass is 365 g/mol. The summed E-state index contributed by atoms with van der Waals surface area (Å²) < 4.78 is 15.7. The van der Waals surface area contributed by atoms with E-state index in [4.69, 9.17) is 34.8 Å². The third-order valence-electron chi connectivity index (χ3n) is 3.18. The SMILES string of the molecule is Nc1ncnc2c1ncn2C1OC(CO)C(O)C1O.O=P(O)(O)O. The highest BCUT2D eigenvalue weighted by Crippen LogP contribution is 2.31. The average molecular weight is 365 g/mol. The van der Waals surface area contributed by atoms with Crippen LogP contribution in [-0.2, 0) is 9.30 Å². The Morgan fingerprint density at radius 3 is 2.38 bits per heavy atom. The minimum absolute atomic E-state index is 0.218. The van der Waals surface area contributed by atoms with Gasteiger partial charge in [-0.3, -0.25) is 4.57 Å². The van der Waals surface area contributed by atoms with Crippen LogP contribution in [0.3, 0.4) is 0 Å². The summed E-state index contributed by atoms with van der Waals surface area (Å²) in [6, 6.07) is 0. The number of imidazole rings is 1. The van der Waals surface area contributed by atoms with E-state index in [2.05, 4.69) is 15.0 Å². The zero-order valence-electron chi connectivity index (χ0n) is 12.0. The zero-order chi connectivity index (χ0) is 18.1. The number of ether oxygens (including phenoxy) is 1. The minimum atomic E-state index is -4.64. The van der Waals surface area contributed by atoms with E-state index in [9.17, 15) is 10.2 Å². The van der Waals surface area contributed by atoms with Crippen LogP contribution in [0.25, 0.3) is 11.2 Å². The molecule has 0 aromatic carbocycles. The van der Waals surface area contributed by atoms with Gasteiger partial charge in [0.05, 0.1) is 12.9 Å². The van der Waals surface area contributed by atoms with Crippen molar-refractivity contribution in [2.75, 3.05) is 12.3 Å². The first-order chi connectivity index (χ1) is 11.1. The molecule has 1 saturated heterocycles. The van der Waals surface area contributed by atoms with Gasteiger partial charge in [0.2, 0.25) is 0 Å². The molecular weight excluding hydrogens is 349 g/mol. The summed E-state index contributed by atoms with van der Waals surface area (Å²) in [6.07, 6.45) is -1.42. The van der Waals surface area contributed by atoms with Gasteiger partial charge in [-0.2, -0.15) is 0 Å². The normalized spacial score (nSPS) is 27.1. The molecule has 0 aliphatic carbocycles. The van der Waals surface area contributed by atoms with Gasteiger partial charge in [-0.25, -0.2) is 19.5 Å². The number of nitrogens with zero attached hydrogens (tertiary/aromatic N) is 4. The molecule has 0 amide bonds. The number of anilines is 1. The van der Waals surface area contributed by atoms with E-state index in [1.165, 1.54) is 17.2 Å². The van der Waals surface area contributed by atoms with Crippen LogP contribution in [0.2, 0.25) is 0 Å². The first kappa shape index (κ1) is 18.6. The number of nitrogens with two attached hydrogens (primary N) is 1. The summed E-state index contributed by atoms with van der Waals surface area (Å²) in [5.74, 6) is 0.218. The molecular formula is C10H16N5O8P. The molecule has 8 N–H and O–H groups in total. The van der Waals surface area contributed by atoms with Crippen molar-refractivity contribution in [1.29, 1.82) is 0 Å². The van der Waals surface area contributed by atoms with Crippen LogP contribution < -0.4 is 5.73 Å². The molecule has 1 aliphatic heterocycles. The van der Waals surface area contributed by atoms with Crippen LogP contribution in [0.5, 0.6) is 0 Å². The summed E-state index contributed by atoms with van der Waals surface area (Å²) in [7, 11) is -4.64. The largest absolute Gasteiger partial charge is 0.466 e. The Morgan fingerprint density at radius 2 is 1.83 bits per heavy atom. The Morgan fingerprint density at radius 1 is 1.21 bits per heavy atom. The first-order valence-electron chi connectivity index (χ1n) is 6.47. The van der Waals surface area contributed by atoms with Gasteiger partial charge in [0, 0.05) is 0 Å². The highest BCUT2D eigenvalue weighted by Gasteiger charge is 2.43. The van der Waals surface area contributed by atoms with Crippen LogP contribution >= 0.6 is 7.82 Å². The third-order valence-corrected chi connectivity index (χ3v) is 3.18. The molecule has 24 heavy (non-hydrogen) atoms. The van der Waals surface area contributed by atoms with Crippen LogP contribution in [0.15, 0.2) is 12.7 Å². The lowest BCUT2D eigenvalue weighted by Gasteiger charge is -2.16. The molecule has 134 valence electrons. The van der Waals surface area contributed by atoms with E-state index in [1.54, 1.807) is 0 Å². The van der Waals surface area contributed by atoms with Gasteiger partial charge in [0.1, 0.15) is 30.2 Å². The summed E-state index contributed by atoms with van der Waals surface area (Å²) >= 11 is 0. The molecule has 4 atom stereocenters. The molecule has 0 bridgehead atoms. The van der Waals surface area contributed by atoms with Gasteiger partial charge >= 0.3 is 7.82 Å². The molecule has 2 aromatic rings. The van der Waals surface area contributed by atoms with Crippen LogP contribution in [0.4, 0.5) is 5.82 Å². The molecule has 2 aromatic heterocycles. The van der Waals surface area contributed by atoms with Crippen molar-refractivity contribution in [3.63, 3.8) is 0 Å². The van der Waals surface area contributed by atoms with Crippen LogP contribution in [-0.4, -0.2) is 74.4 Å². The van der Waals surface area contributed by atoms with E-state index in [0.717, 1.165) is 0 Å². The van der Waals surface area contributed by atoms with Crippen molar-refractivity contribution in [2.24, 2.45) is 0 Å². The number of aliphatic hydroxyl groups is 3. The fourth-order valence-corrected chi connectivity index (χ4v) is 2.17. The molecule has 1 aliphatic rings. The van der Waals surface area contributed by atoms with E-state index in [1.807, 2.05) is 0 Å². The number of nitrogen functional groups attached to an aromatic ring is 1. The molecule has 3 rings (SSSR count).